The summed E-state index contributed by atoms with van der Waals surface area (Å²) in [4.78, 5) is 5.47. The molecule has 0 aliphatic rings. The number of nitrogens with zero attached hydrogens (tertiary/aromatic N) is 1. The first-order chi connectivity index (χ1) is 7.78. The smallest absolute Gasteiger partial charge is 0.187 e. The normalized spacial score (nSPS) is 10.4. The van der Waals surface area contributed by atoms with Gasteiger partial charge in [-0.3, -0.25) is 0 Å². The first kappa shape index (κ1) is 11.1. The van der Waals surface area contributed by atoms with Gasteiger partial charge in [-0.1, -0.05) is 12.1 Å². The molecule has 0 saturated carbocycles. The molecule has 0 amide bonds. The summed E-state index contributed by atoms with van der Waals surface area (Å²) in [5, 5.41) is 4.20. The summed E-state index contributed by atoms with van der Waals surface area (Å²) in [5.41, 5.74) is 2.20. The van der Waals surface area contributed by atoms with Crippen molar-refractivity contribution in [3.05, 3.63) is 40.9 Å². The van der Waals surface area contributed by atoms with Crippen molar-refractivity contribution in [2.24, 2.45) is 0 Å². The van der Waals surface area contributed by atoms with E-state index in [-0.39, 0.29) is 0 Å². The van der Waals surface area contributed by atoms with E-state index in [2.05, 4.69) is 16.4 Å². The summed E-state index contributed by atoms with van der Waals surface area (Å²) in [7, 11) is 1.70. The van der Waals surface area contributed by atoms with E-state index in [0.717, 1.165) is 16.4 Å². The minimum Gasteiger partial charge on any atom is -0.380 e. The van der Waals surface area contributed by atoms with Gasteiger partial charge < -0.3 is 10.1 Å². The molecule has 3 nitrogen and oxygen atoms in total. The van der Waals surface area contributed by atoms with Crippen LogP contribution in [-0.2, 0) is 11.3 Å². The lowest BCUT2D eigenvalue weighted by Crippen LogP contribution is -1.92. The molecule has 0 aliphatic heterocycles. The van der Waals surface area contributed by atoms with E-state index in [9.17, 15) is 0 Å². The van der Waals surface area contributed by atoms with Crippen LogP contribution in [0.2, 0.25) is 0 Å². The highest BCUT2D eigenvalue weighted by atomic mass is 32.1. The van der Waals surface area contributed by atoms with E-state index in [1.54, 1.807) is 18.4 Å². The summed E-state index contributed by atoms with van der Waals surface area (Å²) in [6.07, 6.45) is 1.87. The number of thiazole rings is 1. The van der Waals surface area contributed by atoms with Crippen LogP contribution in [0.5, 0.6) is 0 Å². The number of hydrogen-bond acceptors (Lipinski definition) is 4. The summed E-state index contributed by atoms with van der Waals surface area (Å²) in [6.45, 7) is 2.68. The quantitative estimate of drug-likeness (QED) is 0.881. The number of anilines is 2. The first-order valence-electron chi connectivity index (χ1n) is 5.05. The molecule has 2 aromatic rings. The molecule has 0 spiro atoms. The van der Waals surface area contributed by atoms with Gasteiger partial charge in [-0.25, -0.2) is 4.98 Å². The maximum Gasteiger partial charge on any atom is 0.187 e. The molecule has 0 fully saturated rings. The van der Waals surface area contributed by atoms with E-state index < -0.39 is 0 Å². The number of methoxy groups -OCH3 is 1. The van der Waals surface area contributed by atoms with Crippen LogP contribution in [0.3, 0.4) is 0 Å². The van der Waals surface area contributed by atoms with Crippen LogP contribution in [0.15, 0.2) is 30.5 Å². The molecule has 0 unspecified atom stereocenters. The van der Waals surface area contributed by atoms with Crippen molar-refractivity contribution in [1.82, 2.24) is 4.98 Å². The number of hydrogen-bond donors (Lipinski definition) is 1. The summed E-state index contributed by atoms with van der Waals surface area (Å²) < 4.78 is 5.10. The number of aryl methyl sites for hydroxylation is 1. The van der Waals surface area contributed by atoms with Crippen molar-refractivity contribution in [1.29, 1.82) is 0 Å². The van der Waals surface area contributed by atoms with Gasteiger partial charge in [0, 0.05) is 23.9 Å². The van der Waals surface area contributed by atoms with Gasteiger partial charge >= 0.3 is 0 Å². The standard InChI is InChI=1S/C12H14N2OS/c1-9-7-13-12(16-9)14-11-5-3-4-10(6-11)8-15-2/h3-7H,8H2,1-2H3,(H,13,14). The number of rotatable bonds is 4. The highest BCUT2D eigenvalue weighted by molar-refractivity contribution is 7.15. The molecule has 1 heterocycles. The Hall–Kier alpha value is -1.39. The Labute approximate surface area is 99.1 Å². The molecule has 1 aromatic carbocycles. The lowest BCUT2D eigenvalue weighted by molar-refractivity contribution is 0.185. The van der Waals surface area contributed by atoms with Gasteiger partial charge in [-0.15, -0.1) is 11.3 Å². The van der Waals surface area contributed by atoms with Crippen LogP contribution in [0.1, 0.15) is 10.4 Å². The number of benzene rings is 1. The SMILES string of the molecule is COCc1cccc(Nc2ncc(C)s2)c1. The predicted octanol–water partition coefficient (Wildman–Crippen LogP) is 3.34. The summed E-state index contributed by atoms with van der Waals surface area (Å²) in [5.74, 6) is 0. The Morgan fingerprint density at radius 3 is 3.00 bits per heavy atom. The van der Waals surface area contributed by atoms with Gasteiger partial charge in [0.25, 0.3) is 0 Å². The van der Waals surface area contributed by atoms with E-state index >= 15 is 0 Å². The molecule has 0 saturated heterocycles. The molecule has 16 heavy (non-hydrogen) atoms. The van der Waals surface area contributed by atoms with Gasteiger partial charge in [0.05, 0.1) is 6.61 Å². The lowest BCUT2D eigenvalue weighted by atomic mass is 10.2. The van der Waals surface area contributed by atoms with Crippen molar-refractivity contribution in [3.63, 3.8) is 0 Å². The minimum absolute atomic E-state index is 0.631. The Morgan fingerprint density at radius 1 is 1.44 bits per heavy atom. The zero-order valence-corrected chi connectivity index (χ0v) is 10.2. The molecule has 0 atom stereocenters. The third-order valence-electron chi connectivity index (χ3n) is 2.11. The Balaban J connectivity index is 2.12. The maximum absolute atomic E-state index is 5.10. The van der Waals surface area contributed by atoms with Crippen molar-refractivity contribution in [2.45, 2.75) is 13.5 Å². The molecular formula is C12H14N2OS. The molecular weight excluding hydrogens is 220 g/mol. The summed E-state index contributed by atoms with van der Waals surface area (Å²) in [6, 6.07) is 8.15. The van der Waals surface area contributed by atoms with E-state index in [1.807, 2.05) is 31.3 Å². The predicted molar refractivity (Wildman–Crippen MR) is 67.3 cm³/mol. The third-order valence-corrected chi connectivity index (χ3v) is 2.94. The van der Waals surface area contributed by atoms with Gasteiger partial charge in [0.15, 0.2) is 5.13 Å². The second kappa shape index (κ2) is 5.09. The second-order valence-corrected chi connectivity index (χ2v) is 4.77. The first-order valence-corrected chi connectivity index (χ1v) is 5.87. The fourth-order valence-corrected chi connectivity index (χ4v) is 2.13. The van der Waals surface area contributed by atoms with Crippen molar-refractivity contribution in [2.75, 3.05) is 12.4 Å². The van der Waals surface area contributed by atoms with Crippen LogP contribution < -0.4 is 5.32 Å². The van der Waals surface area contributed by atoms with Crippen molar-refractivity contribution < 1.29 is 4.74 Å². The average molecular weight is 234 g/mol. The fraction of sp³-hybridized carbons (Fsp3) is 0.250. The molecule has 84 valence electrons. The maximum atomic E-state index is 5.10. The lowest BCUT2D eigenvalue weighted by Gasteiger charge is -2.05. The molecule has 0 bridgehead atoms. The number of aromatic nitrogens is 1. The topological polar surface area (TPSA) is 34.1 Å². The number of ether oxygens (including phenoxy) is 1. The van der Waals surface area contributed by atoms with Crippen LogP contribution in [-0.4, -0.2) is 12.1 Å². The third kappa shape index (κ3) is 2.81. The molecule has 2 rings (SSSR count). The van der Waals surface area contributed by atoms with E-state index in [0.29, 0.717) is 6.61 Å². The van der Waals surface area contributed by atoms with Crippen molar-refractivity contribution >= 4 is 22.2 Å². The van der Waals surface area contributed by atoms with Crippen LogP contribution in [0, 0.1) is 6.92 Å². The Morgan fingerprint density at radius 2 is 2.31 bits per heavy atom. The summed E-state index contributed by atoms with van der Waals surface area (Å²) >= 11 is 1.65. The average Bonchev–Trinajstić information content (AvgIpc) is 2.65. The van der Waals surface area contributed by atoms with Crippen LogP contribution in [0.25, 0.3) is 0 Å². The highest BCUT2D eigenvalue weighted by Crippen LogP contribution is 2.22. The zero-order valence-electron chi connectivity index (χ0n) is 9.36. The fourth-order valence-electron chi connectivity index (χ4n) is 1.44. The molecule has 1 N–H and O–H groups in total. The molecule has 0 aliphatic carbocycles. The minimum atomic E-state index is 0.631. The number of nitrogens with one attached hydrogen (secondary N) is 1. The van der Waals surface area contributed by atoms with Gasteiger partial charge in [-0.2, -0.15) is 0 Å². The highest BCUT2D eigenvalue weighted by Gasteiger charge is 2.00. The monoisotopic (exact) mass is 234 g/mol. The van der Waals surface area contributed by atoms with E-state index in [4.69, 9.17) is 4.74 Å². The zero-order chi connectivity index (χ0) is 11.4. The van der Waals surface area contributed by atoms with Gasteiger partial charge in [-0.05, 0) is 24.6 Å². The Kier molecular flexibility index (Phi) is 3.54. The largest absolute Gasteiger partial charge is 0.380 e. The van der Waals surface area contributed by atoms with E-state index in [1.165, 1.54) is 4.88 Å². The van der Waals surface area contributed by atoms with Crippen LogP contribution >= 0.6 is 11.3 Å². The van der Waals surface area contributed by atoms with Crippen molar-refractivity contribution in [3.8, 4) is 0 Å². The molecule has 0 radical (unpaired) electrons. The molecule has 4 heteroatoms. The van der Waals surface area contributed by atoms with Crippen LogP contribution in [0.4, 0.5) is 10.8 Å². The molecule has 1 aromatic heterocycles. The Bertz CT molecular complexity index is 468. The van der Waals surface area contributed by atoms with Gasteiger partial charge in [0.1, 0.15) is 0 Å². The second-order valence-electron chi connectivity index (χ2n) is 3.53. The van der Waals surface area contributed by atoms with Gasteiger partial charge in [0.2, 0.25) is 0 Å².